The molecule has 0 fully saturated rings. The van der Waals surface area contributed by atoms with Crippen LogP contribution in [-0.2, 0) is 6.54 Å². The number of carbonyl (C=O) groups excluding carboxylic acids is 1. The number of hydroxylamine groups is 1. The second kappa shape index (κ2) is 5.10. The standard InChI is InChI=1S/C14H12N4O2/c19-14(16-20)13-9-18(17-15-13)8-10-5-6-11-3-1-2-4-12(11)7-10/h1-7,9,20H,8H2,(H,16,19). The van der Waals surface area contributed by atoms with Crippen molar-refractivity contribution < 1.29 is 10.0 Å². The molecule has 0 bridgehead atoms. The maximum absolute atomic E-state index is 11.2. The topological polar surface area (TPSA) is 80.0 Å². The molecule has 1 amide bonds. The molecule has 0 saturated carbocycles. The van der Waals surface area contributed by atoms with Crippen LogP contribution in [0, 0.1) is 0 Å². The normalized spacial score (nSPS) is 10.7. The van der Waals surface area contributed by atoms with Crippen LogP contribution in [0.5, 0.6) is 0 Å². The Morgan fingerprint density at radius 3 is 2.80 bits per heavy atom. The molecule has 1 heterocycles. The zero-order valence-corrected chi connectivity index (χ0v) is 10.5. The molecule has 0 unspecified atom stereocenters. The van der Waals surface area contributed by atoms with Gasteiger partial charge in [-0.05, 0) is 22.4 Å². The van der Waals surface area contributed by atoms with E-state index < -0.39 is 5.91 Å². The van der Waals surface area contributed by atoms with E-state index in [0.29, 0.717) is 6.54 Å². The van der Waals surface area contributed by atoms with Gasteiger partial charge in [-0.15, -0.1) is 5.10 Å². The molecule has 0 radical (unpaired) electrons. The Hall–Kier alpha value is -2.73. The van der Waals surface area contributed by atoms with Crippen LogP contribution in [0.2, 0.25) is 0 Å². The maximum atomic E-state index is 11.2. The summed E-state index contributed by atoms with van der Waals surface area (Å²) >= 11 is 0. The third kappa shape index (κ3) is 2.36. The van der Waals surface area contributed by atoms with Crippen LogP contribution in [0.3, 0.4) is 0 Å². The molecule has 0 saturated heterocycles. The number of nitrogens with one attached hydrogen (secondary N) is 1. The van der Waals surface area contributed by atoms with Gasteiger partial charge in [-0.2, -0.15) is 0 Å². The number of rotatable bonds is 3. The van der Waals surface area contributed by atoms with Gasteiger partial charge in [0.2, 0.25) is 0 Å². The van der Waals surface area contributed by atoms with Gasteiger partial charge in [0, 0.05) is 0 Å². The summed E-state index contributed by atoms with van der Waals surface area (Å²) in [6.07, 6.45) is 1.49. The molecule has 3 rings (SSSR count). The minimum absolute atomic E-state index is 0.0771. The van der Waals surface area contributed by atoms with Crippen LogP contribution in [0.25, 0.3) is 10.8 Å². The second-order valence-electron chi connectivity index (χ2n) is 4.42. The van der Waals surface area contributed by atoms with Gasteiger partial charge in [0.15, 0.2) is 5.69 Å². The molecule has 0 aliphatic carbocycles. The van der Waals surface area contributed by atoms with Gasteiger partial charge >= 0.3 is 0 Å². The number of fused-ring (bicyclic) bond motifs is 1. The first kappa shape index (κ1) is 12.3. The third-order valence-electron chi connectivity index (χ3n) is 3.03. The van der Waals surface area contributed by atoms with E-state index in [9.17, 15) is 4.79 Å². The summed E-state index contributed by atoms with van der Waals surface area (Å²) in [4.78, 5) is 11.2. The van der Waals surface area contributed by atoms with Crippen molar-refractivity contribution in [2.45, 2.75) is 6.54 Å². The van der Waals surface area contributed by atoms with E-state index >= 15 is 0 Å². The molecular formula is C14H12N4O2. The lowest BCUT2D eigenvalue weighted by Gasteiger charge is -2.03. The zero-order valence-electron chi connectivity index (χ0n) is 10.5. The molecule has 0 aliphatic rings. The first-order chi connectivity index (χ1) is 9.76. The van der Waals surface area contributed by atoms with Crippen molar-refractivity contribution >= 4 is 16.7 Å². The van der Waals surface area contributed by atoms with Crippen LogP contribution in [0.15, 0.2) is 48.7 Å². The molecule has 0 spiro atoms. The fourth-order valence-corrected chi connectivity index (χ4v) is 2.06. The fourth-order valence-electron chi connectivity index (χ4n) is 2.06. The van der Waals surface area contributed by atoms with Gasteiger partial charge in [0.05, 0.1) is 12.7 Å². The number of amides is 1. The quantitative estimate of drug-likeness (QED) is 0.558. The van der Waals surface area contributed by atoms with Gasteiger partial charge in [0.1, 0.15) is 0 Å². The number of benzene rings is 2. The summed E-state index contributed by atoms with van der Waals surface area (Å²) in [6.45, 7) is 0.510. The third-order valence-corrected chi connectivity index (χ3v) is 3.03. The van der Waals surface area contributed by atoms with Gasteiger partial charge in [-0.1, -0.05) is 41.6 Å². The Labute approximate surface area is 114 Å². The SMILES string of the molecule is O=C(NO)c1cn(Cc2ccc3ccccc3c2)nn1. The number of hydrogen-bond donors (Lipinski definition) is 2. The van der Waals surface area contributed by atoms with Crippen LogP contribution in [0.4, 0.5) is 0 Å². The highest BCUT2D eigenvalue weighted by Crippen LogP contribution is 2.16. The van der Waals surface area contributed by atoms with Gasteiger partial charge in [-0.25, -0.2) is 10.2 Å². The van der Waals surface area contributed by atoms with E-state index in [1.807, 2.05) is 30.3 Å². The average molecular weight is 268 g/mol. The molecule has 3 aromatic rings. The molecule has 100 valence electrons. The Bertz CT molecular complexity index is 766. The van der Waals surface area contributed by atoms with Crippen molar-refractivity contribution in [2.24, 2.45) is 0 Å². The lowest BCUT2D eigenvalue weighted by molar-refractivity contribution is 0.0700. The highest BCUT2D eigenvalue weighted by molar-refractivity contribution is 5.90. The van der Waals surface area contributed by atoms with E-state index in [4.69, 9.17) is 5.21 Å². The van der Waals surface area contributed by atoms with Crippen LogP contribution in [0.1, 0.15) is 16.1 Å². The van der Waals surface area contributed by atoms with Crippen molar-refractivity contribution in [2.75, 3.05) is 0 Å². The van der Waals surface area contributed by atoms with Crippen molar-refractivity contribution in [1.29, 1.82) is 0 Å². The minimum atomic E-state index is -0.672. The molecule has 2 N–H and O–H groups in total. The lowest BCUT2D eigenvalue weighted by Crippen LogP contribution is -2.18. The monoisotopic (exact) mass is 268 g/mol. The average Bonchev–Trinajstić information content (AvgIpc) is 2.95. The predicted octanol–water partition coefficient (Wildman–Crippen LogP) is 1.60. The minimum Gasteiger partial charge on any atom is -0.288 e. The van der Waals surface area contributed by atoms with Crippen molar-refractivity contribution in [1.82, 2.24) is 20.5 Å². The van der Waals surface area contributed by atoms with Gasteiger partial charge in [0.25, 0.3) is 5.91 Å². The molecule has 0 atom stereocenters. The smallest absolute Gasteiger partial charge is 0.288 e. The Balaban J connectivity index is 1.85. The van der Waals surface area contributed by atoms with E-state index in [1.54, 1.807) is 4.68 Å². The van der Waals surface area contributed by atoms with E-state index in [2.05, 4.69) is 22.4 Å². The maximum Gasteiger partial charge on any atom is 0.296 e. The summed E-state index contributed by atoms with van der Waals surface area (Å²) in [5, 5.41) is 18.4. The van der Waals surface area contributed by atoms with Crippen LogP contribution >= 0.6 is 0 Å². The van der Waals surface area contributed by atoms with Gasteiger partial charge < -0.3 is 0 Å². The molecule has 6 heteroatoms. The molecule has 2 aromatic carbocycles. The number of carbonyl (C=O) groups is 1. The molecule has 0 aliphatic heterocycles. The van der Waals surface area contributed by atoms with E-state index in [0.717, 1.165) is 10.9 Å². The second-order valence-corrected chi connectivity index (χ2v) is 4.42. The van der Waals surface area contributed by atoms with Crippen molar-refractivity contribution in [3.63, 3.8) is 0 Å². The summed E-state index contributed by atoms with van der Waals surface area (Å²) in [7, 11) is 0. The molecule has 6 nitrogen and oxygen atoms in total. The Morgan fingerprint density at radius 1 is 1.20 bits per heavy atom. The number of nitrogens with zero attached hydrogens (tertiary/aromatic N) is 3. The number of hydrogen-bond acceptors (Lipinski definition) is 4. The highest BCUT2D eigenvalue weighted by Gasteiger charge is 2.09. The number of aromatic nitrogens is 3. The van der Waals surface area contributed by atoms with Gasteiger partial charge in [-0.3, -0.25) is 10.0 Å². The van der Waals surface area contributed by atoms with E-state index in [1.165, 1.54) is 17.1 Å². The summed E-state index contributed by atoms with van der Waals surface area (Å²) in [5.74, 6) is -0.672. The van der Waals surface area contributed by atoms with E-state index in [-0.39, 0.29) is 5.69 Å². The Kier molecular flexibility index (Phi) is 3.14. The first-order valence-electron chi connectivity index (χ1n) is 6.08. The zero-order chi connectivity index (χ0) is 13.9. The first-order valence-corrected chi connectivity index (χ1v) is 6.08. The predicted molar refractivity (Wildman–Crippen MR) is 72.3 cm³/mol. The largest absolute Gasteiger partial charge is 0.296 e. The van der Waals surface area contributed by atoms with Crippen molar-refractivity contribution in [3.05, 3.63) is 59.9 Å². The summed E-state index contributed by atoms with van der Waals surface area (Å²) < 4.78 is 1.55. The lowest BCUT2D eigenvalue weighted by atomic mass is 10.1. The molecule has 20 heavy (non-hydrogen) atoms. The Morgan fingerprint density at radius 2 is 2.00 bits per heavy atom. The van der Waals surface area contributed by atoms with Crippen LogP contribution < -0.4 is 5.48 Å². The molecule has 1 aromatic heterocycles. The molecular weight excluding hydrogens is 256 g/mol. The highest BCUT2D eigenvalue weighted by atomic mass is 16.5. The van der Waals surface area contributed by atoms with Crippen molar-refractivity contribution in [3.8, 4) is 0 Å². The fraction of sp³-hybridized carbons (Fsp3) is 0.0714. The summed E-state index contributed by atoms with van der Waals surface area (Å²) in [6, 6.07) is 14.2. The van der Waals surface area contributed by atoms with Crippen LogP contribution in [-0.4, -0.2) is 26.1 Å². The summed E-state index contributed by atoms with van der Waals surface area (Å²) in [5.41, 5.74) is 2.66.